The average Bonchev–Trinajstić information content (AvgIpc) is 3.24. The van der Waals surface area contributed by atoms with E-state index in [4.69, 9.17) is 4.74 Å². The highest BCUT2D eigenvalue weighted by molar-refractivity contribution is 6.03. The molecule has 4 atom stereocenters. The first-order valence-corrected chi connectivity index (χ1v) is 8.45. The van der Waals surface area contributed by atoms with Gasteiger partial charge in [0.1, 0.15) is 18.3 Å². The number of hydrogen-bond acceptors (Lipinski definition) is 8. The van der Waals surface area contributed by atoms with Crippen LogP contribution in [-0.4, -0.2) is 65.7 Å². The van der Waals surface area contributed by atoms with Crippen LogP contribution in [-0.2, 0) is 4.74 Å². The van der Waals surface area contributed by atoms with Gasteiger partial charge < -0.3 is 20.1 Å². The number of hydrogen-bond donors (Lipinski definition) is 5. The lowest BCUT2D eigenvalue weighted by Crippen LogP contribution is -2.33. The van der Waals surface area contributed by atoms with Crippen molar-refractivity contribution in [3.05, 3.63) is 52.6 Å². The summed E-state index contributed by atoms with van der Waals surface area (Å²) in [6.07, 6.45) is -3.54. The molecule has 4 rings (SSSR count). The predicted molar refractivity (Wildman–Crippen MR) is 95.6 cm³/mol. The summed E-state index contributed by atoms with van der Waals surface area (Å²) >= 11 is 0. The van der Waals surface area contributed by atoms with E-state index in [-0.39, 0.29) is 17.1 Å². The van der Waals surface area contributed by atoms with Gasteiger partial charge in [-0.15, -0.1) is 0 Å². The minimum absolute atomic E-state index is 0.0320. The Labute approximate surface area is 157 Å². The number of carbonyl (C=O) groups excluding carboxylic acids is 1. The van der Waals surface area contributed by atoms with E-state index in [1.165, 1.54) is 10.9 Å². The van der Waals surface area contributed by atoms with Gasteiger partial charge in [-0.1, -0.05) is 18.2 Å². The number of ether oxygens (including phenoxy) is 1. The number of rotatable bonds is 4. The van der Waals surface area contributed by atoms with Crippen molar-refractivity contribution >= 4 is 23.0 Å². The van der Waals surface area contributed by atoms with Crippen LogP contribution >= 0.6 is 0 Å². The van der Waals surface area contributed by atoms with Gasteiger partial charge in [0, 0.05) is 5.56 Å². The summed E-state index contributed by atoms with van der Waals surface area (Å²) in [4.78, 5) is 35.2. The number of amides is 1. The van der Waals surface area contributed by atoms with Crippen molar-refractivity contribution in [1.29, 1.82) is 0 Å². The number of imidazole rings is 1. The zero-order valence-electron chi connectivity index (χ0n) is 14.4. The molecule has 1 aliphatic heterocycles. The first-order valence-electron chi connectivity index (χ1n) is 8.45. The Kier molecular flexibility index (Phi) is 4.65. The SMILES string of the molecule is O=C(Nc1nc2c(ncn2[C@@H]2O[C@H](CO)C(O)[C@@H]2O)c(=O)[nH]1)c1ccccc1. The van der Waals surface area contributed by atoms with Gasteiger partial charge in [0.15, 0.2) is 17.4 Å². The van der Waals surface area contributed by atoms with E-state index < -0.39 is 42.6 Å². The van der Waals surface area contributed by atoms with E-state index in [9.17, 15) is 24.9 Å². The van der Waals surface area contributed by atoms with Gasteiger partial charge in [0.2, 0.25) is 5.95 Å². The van der Waals surface area contributed by atoms with Crippen LogP contribution in [0.2, 0.25) is 0 Å². The van der Waals surface area contributed by atoms with Crippen molar-refractivity contribution in [3.8, 4) is 0 Å². The molecule has 2 aromatic heterocycles. The Morgan fingerprint density at radius 1 is 1.25 bits per heavy atom. The second-order valence-electron chi connectivity index (χ2n) is 6.29. The largest absolute Gasteiger partial charge is 0.394 e. The maximum Gasteiger partial charge on any atom is 0.280 e. The summed E-state index contributed by atoms with van der Waals surface area (Å²) in [6, 6.07) is 8.38. The molecule has 3 aromatic rings. The molecule has 11 nitrogen and oxygen atoms in total. The highest BCUT2D eigenvalue weighted by Crippen LogP contribution is 2.30. The molecule has 1 amide bonds. The number of carbonyl (C=O) groups is 1. The Morgan fingerprint density at radius 3 is 2.68 bits per heavy atom. The van der Waals surface area contributed by atoms with Gasteiger partial charge in [-0.2, -0.15) is 4.98 Å². The number of aromatic amines is 1. The summed E-state index contributed by atoms with van der Waals surface area (Å²) < 4.78 is 6.72. The van der Waals surface area contributed by atoms with Crippen molar-refractivity contribution in [3.63, 3.8) is 0 Å². The fourth-order valence-electron chi connectivity index (χ4n) is 3.05. The van der Waals surface area contributed by atoms with Crippen LogP contribution < -0.4 is 10.9 Å². The molecule has 0 saturated carbocycles. The minimum Gasteiger partial charge on any atom is -0.394 e. The average molecular weight is 387 g/mol. The van der Waals surface area contributed by atoms with Crippen LogP contribution in [0.25, 0.3) is 11.2 Å². The maximum absolute atomic E-state index is 12.3. The third kappa shape index (κ3) is 3.05. The molecule has 1 aliphatic rings. The van der Waals surface area contributed by atoms with E-state index in [0.717, 1.165) is 0 Å². The van der Waals surface area contributed by atoms with Crippen molar-refractivity contribution in [2.24, 2.45) is 0 Å². The molecule has 146 valence electrons. The number of aliphatic hydroxyl groups excluding tert-OH is 3. The van der Waals surface area contributed by atoms with Gasteiger partial charge in [-0.25, -0.2) is 4.98 Å². The van der Waals surface area contributed by atoms with E-state index in [1.807, 2.05) is 0 Å². The number of H-pyrrole nitrogens is 1. The van der Waals surface area contributed by atoms with Crippen LogP contribution in [0.15, 0.2) is 41.5 Å². The number of nitrogens with one attached hydrogen (secondary N) is 2. The number of aromatic nitrogens is 4. The monoisotopic (exact) mass is 387 g/mol. The molecule has 28 heavy (non-hydrogen) atoms. The molecule has 5 N–H and O–H groups in total. The zero-order valence-corrected chi connectivity index (χ0v) is 14.4. The topological polar surface area (TPSA) is 163 Å². The first-order chi connectivity index (χ1) is 13.5. The Bertz CT molecular complexity index is 1060. The number of benzene rings is 1. The molecule has 1 unspecified atom stereocenters. The van der Waals surface area contributed by atoms with Crippen molar-refractivity contribution in [1.82, 2.24) is 19.5 Å². The van der Waals surface area contributed by atoms with Gasteiger partial charge in [0.05, 0.1) is 12.9 Å². The smallest absolute Gasteiger partial charge is 0.280 e. The van der Waals surface area contributed by atoms with Crippen LogP contribution in [0.5, 0.6) is 0 Å². The van der Waals surface area contributed by atoms with Crippen LogP contribution in [0.1, 0.15) is 16.6 Å². The summed E-state index contributed by atoms with van der Waals surface area (Å²) in [6.45, 7) is -0.492. The third-order valence-corrected chi connectivity index (χ3v) is 4.49. The van der Waals surface area contributed by atoms with Crippen LogP contribution in [0, 0.1) is 0 Å². The minimum atomic E-state index is -1.36. The molecule has 11 heteroatoms. The summed E-state index contributed by atoms with van der Waals surface area (Å²) in [5.74, 6) is -0.582. The lowest BCUT2D eigenvalue weighted by molar-refractivity contribution is -0.0511. The highest BCUT2D eigenvalue weighted by Gasteiger charge is 2.44. The second-order valence-corrected chi connectivity index (χ2v) is 6.29. The second kappa shape index (κ2) is 7.13. The molecule has 0 bridgehead atoms. The lowest BCUT2D eigenvalue weighted by Gasteiger charge is -2.16. The fourth-order valence-corrected chi connectivity index (χ4v) is 3.05. The summed E-state index contributed by atoms with van der Waals surface area (Å²) in [5, 5.41) is 31.9. The molecular weight excluding hydrogens is 370 g/mol. The number of aliphatic hydroxyl groups is 3. The molecule has 0 aliphatic carbocycles. The number of anilines is 1. The maximum atomic E-state index is 12.3. The third-order valence-electron chi connectivity index (χ3n) is 4.49. The Balaban J connectivity index is 1.69. The molecule has 3 heterocycles. The molecular formula is C17H17N5O6. The van der Waals surface area contributed by atoms with Crippen LogP contribution in [0.3, 0.4) is 0 Å². The highest BCUT2D eigenvalue weighted by atomic mass is 16.6. The van der Waals surface area contributed by atoms with E-state index in [0.29, 0.717) is 5.56 Å². The van der Waals surface area contributed by atoms with Gasteiger partial charge in [0.25, 0.3) is 11.5 Å². The molecule has 0 radical (unpaired) electrons. The summed E-state index contributed by atoms with van der Waals surface area (Å²) in [7, 11) is 0. The molecule has 1 aromatic carbocycles. The normalized spacial score (nSPS) is 24.5. The molecule has 1 saturated heterocycles. The van der Waals surface area contributed by atoms with E-state index >= 15 is 0 Å². The Hall–Kier alpha value is -3.12. The molecule has 1 fully saturated rings. The lowest BCUT2D eigenvalue weighted by atomic mass is 10.1. The zero-order chi connectivity index (χ0) is 19.8. The van der Waals surface area contributed by atoms with Gasteiger partial charge >= 0.3 is 0 Å². The standard InChI is InChI=1S/C17H17N5O6/c23-6-9-11(24)12(25)16(28-9)22-7-18-10-13(22)19-17(21-15(10)27)20-14(26)8-4-2-1-3-5-8/h1-5,7,9,11-12,16,23-25H,6H2,(H2,19,20,21,26,27)/t9-,11?,12+,16-/m1/s1. The van der Waals surface area contributed by atoms with Gasteiger partial charge in [-0.3, -0.25) is 24.5 Å². The van der Waals surface area contributed by atoms with Crippen molar-refractivity contribution < 1.29 is 24.9 Å². The quantitative estimate of drug-likeness (QED) is 0.380. The first kappa shape index (κ1) is 18.3. The molecule has 0 spiro atoms. The fraction of sp³-hybridized carbons (Fsp3) is 0.294. The number of fused-ring (bicyclic) bond motifs is 1. The summed E-state index contributed by atoms with van der Waals surface area (Å²) in [5.41, 5.74) is -0.210. The van der Waals surface area contributed by atoms with E-state index in [1.54, 1.807) is 30.3 Å². The van der Waals surface area contributed by atoms with E-state index in [2.05, 4.69) is 20.3 Å². The van der Waals surface area contributed by atoms with Crippen LogP contribution in [0.4, 0.5) is 5.95 Å². The Morgan fingerprint density at radius 2 is 2.00 bits per heavy atom. The van der Waals surface area contributed by atoms with Crippen molar-refractivity contribution in [2.45, 2.75) is 24.5 Å². The number of nitrogens with zero attached hydrogens (tertiary/aromatic N) is 3. The van der Waals surface area contributed by atoms with Crippen molar-refractivity contribution in [2.75, 3.05) is 11.9 Å². The predicted octanol–water partition coefficient (Wildman–Crippen LogP) is -1.02. The van der Waals surface area contributed by atoms with Gasteiger partial charge in [-0.05, 0) is 12.1 Å².